The summed E-state index contributed by atoms with van der Waals surface area (Å²) in [5.41, 5.74) is 3.66. The number of halogens is 1. The van der Waals surface area contributed by atoms with Gasteiger partial charge in [-0.1, -0.05) is 52.3 Å². The van der Waals surface area contributed by atoms with Crippen molar-refractivity contribution in [2.45, 2.75) is 6.61 Å². The van der Waals surface area contributed by atoms with E-state index in [1.807, 2.05) is 61.6 Å². The van der Waals surface area contributed by atoms with Crippen molar-refractivity contribution in [2.75, 3.05) is 14.2 Å². The summed E-state index contributed by atoms with van der Waals surface area (Å²) >= 11 is 3.44. The van der Waals surface area contributed by atoms with Crippen molar-refractivity contribution in [3.05, 3.63) is 76.5 Å². The second-order valence-corrected chi connectivity index (χ2v) is 7.12. The number of methoxy groups -OCH3 is 2. The van der Waals surface area contributed by atoms with Gasteiger partial charge in [0.05, 0.1) is 26.2 Å². The van der Waals surface area contributed by atoms with Gasteiger partial charge in [0.15, 0.2) is 0 Å². The summed E-state index contributed by atoms with van der Waals surface area (Å²) in [4.78, 5) is 12.1. The lowest BCUT2D eigenvalue weighted by Crippen LogP contribution is -2.09. The molecule has 29 heavy (non-hydrogen) atoms. The summed E-state index contributed by atoms with van der Waals surface area (Å²) in [5.74, 6) is 0.144. The van der Waals surface area contributed by atoms with Gasteiger partial charge in [-0.2, -0.15) is 5.10 Å². The predicted molar refractivity (Wildman–Crippen MR) is 114 cm³/mol. The molecule has 0 spiro atoms. The van der Waals surface area contributed by atoms with E-state index >= 15 is 0 Å². The normalized spacial score (nSPS) is 11.2. The minimum Gasteiger partial charge on any atom is -0.503 e. The van der Waals surface area contributed by atoms with Gasteiger partial charge in [0.1, 0.15) is 12.2 Å². The molecular weight excluding hydrogens is 436 g/mol. The molecule has 0 saturated heterocycles. The highest BCUT2D eigenvalue weighted by Gasteiger charge is 2.17. The van der Waals surface area contributed by atoms with Crippen LogP contribution in [0.25, 0.3) is 16.8 Å². The minimum atomic E-state index is -0.475. The van der Waals surface area contributed by atoms with Crippen LogP contribution in [0.1, 0.15) is 11.1 Å². The summed E-state index contributed by atoms with van der Waals surface area (Å²) in [6.45, 7) is 0.257. The fourth-order valence-electron chi connectivity index (χ4n) is 2.86. The van der Waals surface area contributed by atoms with Gasteiger partial charge in [0.2, 0.25) is 5.88 Å². The number of nitrogens with zero attached hydrogens (tertiary/aromatic N) is 2. The average Bonchev–Trinajstić information content (AvgIpc) is 3.11. The van der Waals surface area contributed by atoms with E-state index in [-0.39, 0.29) is 6.61 Å². The Morgan fingerprint density at radius 3 is 2.55 bits per heavy atom. The first-order valence-corrected chi connectivity index (χ1v) is 9.65. The predicted octanol–water partition coefficient (Wildman–Crippen LogP) is 4.59. The molecule has 1 aromatic heterocycles. The van der Waals surface area contributed by atoms with Crippen LogP contribution in [0, 0.1) is 0 Å². The van der Waals surface area contributed by atoms with Crippen LogP contribution in [0.5, 0.6) is 5.88 Å². The molecular formula is C22H21BrN2O4. The first-order valence-electron chi connectivity index (χ1n) is 8.85. The summed E-state index contributed by atoms with van der Waals surface area (Å²) in [7, 11) is 4.65. The SMILES string of the molecule is CO/C=C(/C(=O)OC)c1ccccc1COc1cc(-c2ccc(Br)cc2)nn1C. The monoisotopic (exact) mass is 456 g/mol. The fourth-order valence-corrected chi connectivity index (χ4v) is 3.12. The molecule has 0 amide bonds. The molecule has 6 nitrogen and oxygen atoms in total. The van der Waals surface area contributed by atoms with Crippen LogP contribution in [-0.4, -0.2) is 30.0 Å². The Labute approximate surface area is 177 Å². The van der Waals surface area contributed by atoms with Crippen LogP contribution >= 0.6 is 15.9 Å². The van der Waals surface area contributed by atoms with Crippen molar-refractivity contribution in [1.82, 2.24) is 9.78 Å². The third kappa shape index (κ3) is 4.86. The summed E-state index contributed by atoms with van der Waals surface area (Å²) < 4.78 is 18.6. The third-order valence-electron chi connectivity index (χ3n) is 4.30. The molecule has 150 valence electrons. The lowest BCUT2D eigenvalue weighted by Gasteiger charge is -2.12. The Morgan fingerprint density at radius 1 is 1.14 bits per heavy atom. The zero-order chi connectivity index (χ0) is 20.8. The zero-order valence-corrected chi connectivity index (χ0v) is 18.0. The average molecular weight is 457 g/mol. The number of hydrogen-bond donors (Lipinski definition) is 0. The maximum Gasteiger partial charge on any atom is 0.341 e. The fraction of sp³-hybridized carbons (Fsp3) is 0.182. The Morgan fingerprint density at radius 2 is 1.86 bits per heavy atom. The molecule has 1 heterocycles. The highest BCUT2D eigenvalue weighted by molar-refractivity contribution is 9.10. The molecule has 0 saturated carbocycles. The van der Waals surface area contributed by atoms with Crippen molar-refractivity contribution in [3.8, 4) is 17.1 Å². The molecule has 0 N–H and O–H groups in total. The number of carbonyl (C=O) groups excluding carboxylic acids is 1. The van der Waals surface area contributed by atoms with Gasteiger partial charge >= 0.3 is 5.97 Å². The molecule has 7 heteroatoms. The van der Waals surface area contributed by atoms with Crippen molar-refractivity contribution in [3.63, 3.8) is 0 Å². The van der Waals surface area contributed by atoms with E-state index in [2.05, 4.69) is 21.0 Å². The molecule has 3 aromatic rings. The lowest BCUT2D eigenvalue weighted by atomic mass is 10.0. The summed E-state index contributed by atoms with van der Waals surface area (Å²) in [5, 5.41) is 4.52. The standard InChI is InChI=1S/C22H21BrN2O4/c1-25-21(12-20(24-25)15-8-10-17(23)11-9-15)29-13-16-6-4-5-7-18(16)19(14-27-2)22(26)28-3/h4-12,14H,13H2,1-3H3/b19-14+. The third-order valence-corrected chi connectivity index (χ3v) is 4.83. The van der Waals surface area contributed by atoms with E-state index in [4.69, 9.17) is 14.2 Å². The minimum absolute atomic E-state index is 0.257. The molecule has 0 unspecified atom stereocenters. The number of ether oxygens (including phenoxy) is 3. The Balaban J connectivity index is 1.83. The van der Waals surface area contributed by atoms with Gasteiger partial charge in [-0.05, 0) is 23.3 Å². The zero-order valence-electron chi connectivity index (χ0n) is 16.4. The molecule has 0 bridgehead atoms. The van der Waals surface area contributed by atoms with Crippen LogP contribution in [0.3, 0.4) is 0 Å². The number of rotatable bonds is 7. The summed E-state index contributed by atoms with van der Waals surface area (Å²) in [6, 6.07) is 17.3. The quantitative estimate of drug-likeness (QED) is 0.295. The number of aryl methyl sites for hydroxylation is 1. The van der Waals surface area contributed by atoms with Gasteiger partial charge in [0, 0.05) is 23.2 Å². The van der Waals surface area contributed by atoms with E-state index in [1.54, 1.807) is 4.68 Å². The Bertz CT molecular complexity index is 1030. The van der Waals surface area contributed by atoms with Crippen molar-refractivity contribution in [1.29, 1.82) is 0 Å². The van der Waals surface area contributed by atoms with Crippen molar-refractivity contribution in [2.24, 2.45) is 7.05 Å². The van der Waals surface area contributed by atoms with E-state index in [9.17, 15) is 4.79 Å². The van der Waals surface area contributed by atoms with Gasteiger partial charge in [-0.3, -0.25) is 0 Å². The second-order valence-electron chi connectivity index (χ2n) is 6.20. The second kappa shape index (κ2) is 9.43. The molecule has 0 aliphatic rings. The van der Waals surface area contributed by atoms with E-state index < -0.39 is 5.97 Å². The molecule has 2 aromatic carbocycles. The van der Waals surface area contributed by atoms with Crippen LogP contribution in [0.15, 0.2) is 65.3 Å². The maximum absolute atomic E-state index is 12.1. The first kappa shape index (κ1) is 20.7. The van der Waals surface area contributed by atoms with Crippen LogP contribution < -0.4 is 4.74 Å². The molecule has 0 aliphatic carbocycles. The number of hydrogen-bond acceptors (Lipinski definition) is 5. The van der Waals surface area contributed by atoms with Crippen LogP contribution in [-0.2, 0) is 27.9 Å². The largest absolute Gasteiger partial charge is 0.503 e. The lowest BCUT2D eigenvalue weighted by molar-refractivity contribution is -0.133. The van der Waals surface area contributed by atoms with Crippen LogP contribution in [0.2, 0.25) is 0 Å². The maximum atomic E-state index is 12.1. The number of esters is 1. The Kier molecular flexibility index (Phi) is 6.72. The molecule has 0 atom stereocenters. The highest BCUT2D eigenvalue weighted by atomic mass is 79.9. The summed E-state index contributed by atoms with van der Waals surface area (Å²) in [6.07, 6.45) is 1.38. The van der Waals surface area contributed by atoms with E-state index in [0.29, 0.717) is 17.0 Å². The molecule has 3 rings (SSSR count). The smallest absolute Gasteiger partial charge is 0.341 e. The topological polar surface area (TPSA) is 62.6 Å². The van der Waals surface area contributed by atoms with Crippen molar-refractivity contribution < 1.29 is 19.0 Å². The number of benzene rings is 2. The first-order chi connectivity index (χ1) is 14.0. The van der Waals surface area contributed by atoms with Gasteiger partial charge in [-0.15, -0.1) is 0 Å². The highest BCUT2D eigenvalue weighted by Crippen LogP contribution is 2.26. The molecule has 0 fully saturated rings. The van der Waals surface area contributed by atoms with Gasteiger partial charge in [-0.25, -0.2) is 9.48 Å². The van der Waals surface area contributed by atoms with E-state index in [1.165, 1.54) is 20.5 Å². The van der Waals surface area contributed by atoms with Crippen molar-refractivity contribution >= 4 is 27.5 Å². The Hall–Kier alpha value is -3.06. The van der Waals surface area contributed by atoms with Crippen LogP contribution in [0.4, 0.5) is 0 Å². The molecule has 0 aliphatic heterocycles. The van der Waals surface area contributed by atoms with Gasteiger partial charge < -0.3 is 14.2 Å². The number of aromatic nitrogens is 2. The van der Waals surface area contributed by atoms with Gasteiger partial charge in [0.25, 0.3) is 0 Å². The van der Waals surface area contributed by atoms with E-state index in [0.717, 1.165) is 21.3 Å². The molecule has 0 radical (unpaired) electrons. The number of carbonyl (C=O) groups is 1.